The molecule has 4 rings (SSSR count). The SMILES string of the molecule is O=S(=O)(C1CCN(c2nc3ccccc3o2)C1)N1CCCC1. The molecule has 118 valence electrons. The first-order valence-corrected chi connectivity index (χ1v) is 9.24. The predicted octanol–water partition coefficient (Wildman–Crippen LogP) is 1.83. The Morgan fingerprint density at radius 2 is 1.91 bits per heavy atom. The zero-order valence-corrected chi connectivity index (χ0v) is 13.1. The number of benzene rings is 1. The summed E-state index contributed by atoms with van der Waals surface area (Å²) in [4.78, 5) is 6.40. The Labute approximate surface area is 129 Å². The largest absolute Gasteiger partial charge is 0.423 e. The lowest BCUT2D eigenvalue weighted by Gasteiger charge is -2.20. The zero-order chi connectivity index (χ0) is 15.2. The summed E-state index contributed by atoms with van der Waals surface area (Å²) in [7, 11) is -3.19. The normalized spacial score (nSPS) is 23.6. The molecule has 2 aromatic rings. The molecule has 6 nitrogen and oxygen atoms in total. The predicted molar refractivity (Wildman–Crippen MR) is 84.4 cm³/mol. The van der Waals surface area contributed by atoms with E-state index in [4.69, 9.17) is 4.42 Å². The monoisotopic (exact) mass is 321 g/mol. The Kier molecular flexibility index (Phi) is 3.34. The molecule has 0 saturated carbocycles. The van der Waals surface area contributed by atoms with E-state index in [1.807, 2.05) is 29.2 Å². The zero-order valence-electron chi connectivity index (χ0n) is 12.3. The van der Waals surface area contributed by atoms with Gasteiger partial charge in [0.25, 0.3) is 6.01 Å². The molecule has 0 N–H and O–H groups in total. The van der Waals surface area contributed by atoms with Crippen LogP contribution in [-0.4, -0.2) is 49.1 Å². The highest BCUT2D eigenvalue weighted by atomic mass is 32.2. The van der Waals surface area contributed by atoms with Crippen LogP contribution >= 0.6 is 0 Å². The Bertz CT molecular complexity index is 747. The van der Waals surface area contributed by atoms with Crippen LogP contribution in [0.15, 0.2) is 28.7 Å². The average molecular weight is 321 g/mol. The first-order chi connectivity index (χ1) is 10.6. The fraction of sp³-hybridized carbons (Fsp3) is 0.533. The topological polar surface area (TPSA) is 66.7 Å². The van der Waals surface area contributed by atoms with E-state index >= 15 is 0 Å². The number of aromatic nitrogens is 1. The maximum Gasteiger partial charge on any atom is 0.298 e. The maximum absolute atomic E-state index is 12.6. The van der Waals surface area contributed by atoms with Gasteiger partial charge in [-0.05, 0) is 31.4 Å². The van der Waals surface area contributed by atoms with Gasteiger partial charge in [0, 0.05) is 26.2 Å². The molecule has 7 heteroatoms. The van der Waals surface area contributed by atoms with E-state index in [-0.39, 0.29) is 5.25 Å². The molecule has 0 amide bonds. The minimum atomic E-state index is -3.19. The molecule has 2 aliphatic rings. The summed E-state index contributed by atoms with van der Waals surface area (Å²) in [6.45, 7) is 2.47. The van der Waals surface area contributed by atoms with Gasteiger partial charge in [0.2, 0.25) is 10.0 Å². The standard InChI is InChI=1S/C15H19N3O3S/c19-22(20,18-8-3-4-9-18)12-7-10-17(11-12)15-16-13-5-1-2-6-14(13)21-15/h1-2,5-6,12H,3-4,7-11H2. The van der Waals surface area contributed by atoms with E-state index in [0.717, 1.165) is 23.9 Å². The van der Waals surface area contributed by atoms with E-state index in [1.54, 1.807) is 4.31 Å². The number of sulfonamides is 1. The van der Waals surface area contributed by atoms with Gasteiger partial charge in [-0.2, -0.15) is 4.98 Å². The molecule has 0 spiro atoms. The second-order valence-electron chi connectivity index (χ2n) is 5.97. The van der Waals surface area contributed by atoms with Crippen molar-refractivity contribution in [3.8, 4) is 0 Å². The molecule has 1 aromatic carbocycles. The molecule has 0 bridgehead atoms. The van der Waals surface area contributed by atoms with E-state index in [0.29, 0.717) is 38.6 Å². The number of anilines is 1. The van der Waals surface area contributed by atoms with Crippen molar-refractivity contribution in [3.05, 3.63) is 24.3 Å². The van der Waals surface area contributed by atoms with Crippen LogP contribution in [-0.2, 0) is 10.0 Å². The summed E-state index contributed by atoms with van der Waals surface area (Å²) in [6, 6.07) is 8.12. The summed E-state index contributed by atoms with van der Waals surface area (Å²) < 4.78 is 32.7. The second-order valence-corrected chi connectivity index (χ2v) is 8.18. The summed E-state index contributed by atoms with van der Waals surface area (Å²) in [5.41, 5.74) is 1.55. The van der Waals surface area contributed by atoms with E-state index in [9.17, 15) is 8.42 Å². The fourth-order valence-corrected chi connectivity index (χ4v) is 5.25. The Hall–Kier alpha value is -1.60. The smallest absolute Gasteiger partial charge is 0.298 e. The molecule has 1 atom stereocenters. The minimum absolute atomic E-state index is 0.347. The van der Waals surface area contributed by atoms with Crippen LogP contribution in [0.5, 0.6) is 0 Å². The highest BCUT2D eigenvalue weighted by Crippen LogP contribution is 2.29. The first-order valence-electron chi connectivity index (χ1n) is 7.74. The Morgan fingerprint density at radius 1 is 1.14 bits per heavy atom. The molecule has 0 aliphatic carbocycles. The highest BCUT2D eigenvalue weighted by molar-refractivity contribution is 7.89. The van der Waals surface area contributed by atoms with E-state index in [1.165, 1.54) is 0 Å². The van der Waals surface area contributed by atoms with Crippen molar-refractivity contribution >= 4 is 27.1 Å². The summed E-state index contributed by atoms with van der Waals surface area (Å²) in [6.07, 6.45) is 2.58. The Morgan fingerprint density at radius 3 is 2.68 bits per heavy atom. The van der Waals surface area contributed by atoms with E-state index in [2.05, 4.69) is 4.98 Å². The van der Waals surface area contributed by atoms with Crippen LogP contribution in [0.1, 0.15) is 19.3 Å². The number of hydrogen-bond acceptors (Lipinski definition) is 5. The number of rotatable bonds is 3. The summed E-state index contributed by atoms with van der Waals surface area (Å²) in [5, 5.41) is -0.347. The van der Waals surface area contributed by atoms with Crippen LogP contribution in [0, 0.1) is 0 Å². The van der Waals surface area contributed by atoms with Crippen molar-refractivity contribution in [1.29, 1.82) is 0 Å². The maximum atomic E-state index is 12.6. The van der Waals surface area contributed by atoms with Gasteiger partial charge in [-0.1, -0.05) is 12.1 Å². The molecular formula is C15H19N3O3S. The van der Waals surface area contributed by atoms with Crippen molar-refractivity contribution < 1.29 is 12.8 Å². The summed E-state index contributed by atoms with van der Waals surface area (Å²) >= 11 is 0. The third kappa shape index (κ3) is 2.28. The van der Waals surface area contributed by atoms with Gasteiger partial charge >= 0.3 is 0 Å². The first kappa shape index (κ1) is 14.0. The van der Waals surface area contributed by atoms with Crippen LogP contribution in [0.25, 0.3) is 11.1 Å². The third-order valence-electron chi connectivity index (χ3n) is 4.54. The molecule has 2 fully saturated rings. The summed E-state index contributed by atoms with van der Waals surface area (Å²) in [5.74, 6) is 0. The van der Waals surface area contributed by atoms with Crippen molar-refractivity contribution in [2.75, 3.05) is 31.1 Å². The van der Waals surface area contributed by atoms with Crippen LogP contribution in [0.4, 0.5) is 6.01 Å². The highest BCUT2D eigenvalue weighted by Gasteiger charge is 2.39. The molecule has 1 unspecified atom stereocenters. The molecule has 0 radical (unpaired) electrons. The van der Waals surface area contributed by atoms with Gasteiger partial charge in [-0.3, -0.25) is 0 Å². The third-order valence-corrected chi connectivity index (χ3v) is 6.86. The fourth-order valence-electron chi connectivity index (χ4n) is 3.29. The van der Waals surface area contributed by atoms with Crippen molar-refractivity contribution in [1.82, 2.24) is 9.29 Å². The van der Waals surface area contributed by atoms with Gasteiger partial charge < -0.3 is 9.32 Å². The van der Waals surface area contributed by atoms with Crippen LogP contribution in [0.2, 0.25) is 0 Å². The van der Waals surface area contributed by atoms with Gasteiger partial charge in [-0.15, -0.1) is 0 Å². The van der Waals surface area contributed by atoms with Crippen LogP contribution in [0.3, 0.4) is 0 Å². The minimum Gasteiger partial charge on any atom is -0.423 e. The van der Waals surface area contributed by atoms with Gasteiger partial charge in [-0.25, -0.2) is 12.7 Å². The lowest BCUT2D eigenvalue weighted by molar-refractivity contribution is 0.467. The Balaban J connectivity index is 1.54. The molecule has 22 heavy (non-hydrogen) atoms. The number of oxazole rings is 1. The molecule has 2 saturated heterocycles. The molecule has 2 aliphatic heterocycles. The lowest BCUT2D eigenvalue weighted by atomic mass is 10.3. The lowest BCUT2D eigenvalue weighted by Crippen LogP contribution is -2.38. The quantitative estimate of drug-likeness (QED) is 0.863. The van der Waals surface area contributed by atoms with Crippen LogP contribution < -0.4 is 4.90 Å². The number of fused-ring (bicyclic) bond motifs is 1. The number of para-hydroxylation sites is 2. The van der Waals surface area contributed by atoms with Gasteiger partial charge in [0.15, 0.2) is 5.58 Å². The average Bonchev–Trinajstić information content (AvgIpc) is 3.25. The number of nitrogens with zero attached hydrogens (tertiary/aromatic N) is 3. The van der Waals surface area contributed by atoms with E-state index < -0.39 is 10.0 Å². The van der Waals surface area contributed by atoms with Crippen molar-refractivity contribution in [2.24, 2.45) is 0 Å². The second kappa shape index (κ2) is 5.24. The van der Waals surface area contributed by atoms with Gasteiger partial charge in [0.1, 0.15) is 5.52 Å². The molecular weight excluding hydrogens is 302 g/mol. The van der Waals surface area contributed by atoms with Gasteiger partial charge in [0.05, 0.1) is 5.25 Å². The molecule has 1 aromatic heterocycles. The van der Waals surface area contributed by atoms with Crippen molar-refractivity contribution in [2.45, 2.75) is 24.5 Å². The molecule has 3 heterocycles. The van der Waals surface area contributed by atoms with Crippen molar-refractivity contribution in [3.63, 3.8) is 0 Å². The number of hydrogen-bond donors (Lipinski definition) is 0.